The Hall–Kier alpha value is -1.68. The van der Waals surface area contributed by atoms with Gasteiger partial charge in [-0.1, -0.05) is 12.1 Å². The Morgan fingerprint density at radius 1 is 1.50 bits per heavy atom. The molecule has 84 valence electrons. The molecule has 0 amide bonds. The van der Waals surface area contributed by atoms with Gasteiger partial charge in [-0.3, -0.25) is 0 Å². The van der Waals surface area contributed by atoms with E-state index in [1.807, 2.05) is 6.07 Å². The van der Waals surface area contributed by atoms with Crippen LogP contribution in [0.3, 0.4) is 0 Å². The van der Waals surface area contributed by atoms with Crippen molar-refractivity contribution in [2.75, 3.05) is 0 Å². The number of imidazole rings is 1. The van der Waals surface area contributed by atoms with Gasteiger partial charge in [-0.25, -0.2) is 9.37 Å². The topological polar surface area (TPSA) is 54.7 Å². The average molecular weight is 219 g/mol. The fourth-order valence-corrected chi connectivity index (χ4v) is 1.58. The Morgan fingerprint density at radius 3 is 2.94 bits per heavy atom. The standard InChI is InChI=1S/C12H14FN3/c1-8-2-3-9(6-10(8)13)11(14)7-12-15-4-5-16-12/h2-6,11H,7,14H2,1H3,(H,15,16). The lowest BCUT2D eigenvalue weighted by Gasteiger charge is -2.11. The van der Waals surface area contributed by atoms with E-state index in [0.717, 1.165) is 11.4 Å². The Balaban J connectivity index is 2.14. The van der Waals surface area contributed by atoms with Crippen LogP contribution in [0.1, 0.15) is 23.0 Å². The van der Waals surface area contributed by atoms with Crippen molar-refractivity contribution in [1.29, 1.82) is 0 Å². The van der Waals surface area contributed by atoms with Crippen LogP contribution in [0.5, 0.6) is 0 Å². The number of nitrogens with two attached hydrogens (primary N) is 1. The summed E-state index contributed by atoms with van der Waals surface area (Å²) in [6.45, 7) is 1.73. The highest BCUT2D eigenvalue weighted by Gasteiger charge is 2.10. The van der Waals surface area contributed by atoms with Crippen LogP contribution in [0.25, 0.3) is 0 Å². The van der Waals surface area contributed by atoms with Gasteiger partial charge in [-0.15, -0.1) is 0 Å². The molecule has 0 radical (unpaired) electrons. The molecule has 1 aromatic carbocycles. The average Bonchev–Trinajstić information content (AvgIpc) is 2.74. The molecule has 0 aliphatic rings. The van der Waals surface area contributed by atoms with E-state index in [-0.39, 0.29) is 11.9 Å². The first-order valence-electron chi connectivity index (χ1n) is 5.16. The smallest absolute Gasteiger partial charge is 0.126 e. The minimum atomic E-state index is -0.235. The summed E-state index contributed by atoms with van der Waals surface area (Å²) in [4.78, 5) is 7.07. The van der Waals surface area contributed by atoms with Gasteiger partial charge in [0.25, 0.3) is 0 Å². The van der Waals surface area contributed by atoms with Crippen molar-refractivity contribution in [3.05, 3.63) is 53.4 Å². The Labute approximate surface area is 93.5 Å². The van der Waals surface area contributed by atoms with Crippen LogP contribution in [0.2, 0.25) is 0 Å². The molecule has 2 aromatic rings. The van der Waals surface area contributed by atoms with E-state index in [0.29, 0.717) is 12.0 Å². The molecule has 0 fully saturated rings. The predicted molar refractivity (Wildman–Crippen MR) is 60.4 cm³/mol. The number of halogens is 1. The number of rotatable bonds is 3. The molecular formula is C12H14FN3. The number of aromatic nitrogens is 2. The van der Waals surface area contributed by atoms with E-state index in [4.69, 9.17) is 5.73 Å². The summed E-state index contributed by atoms with van der Waals surface area (Å²) in [6.07, 6.45) is 4.01. The van der Waals surface area contributed by atoms with Crippen LogP contribution in [-0.2, 0) is 6.42 Å². The van der Waals surface area contributed by atoms with Crippen LogP contribution in [0, 0.1) is 12.7 Å². The van der Waals surface area contributed by atoms with E-state index in [1.54, 1.807) is 25.4 Å². The number of aromatic amines is 1. The molecule has 1 unspecified atom stereocenters. The second-order valence-corrected chi connectivity index (χ2v) is 3.86. The maximum absolute atomic E-state index is 13.3. The summed E-state index contributed by atoms with van der Waals surface area (Å²) in [7, 11) is 0. The monoisotopic (exact) mass is 219 g/mol. The highest BCUT2D eigenvalue weighted by atomic mass is 19.1. The van der Waals surface area contributed by atoms with E-state index in [2.05, 4.69) is 9.97 Å². The lowest BCUT2D eigenvalue weighted by molar-refractivity contribution is 0.608. The fraction of sp³-hybridized carbons (Fsp3) is 0.250. The first kappa shape index (κ1) is 10.8. The molecule has 1 aromatic heterocycles. The quantitative estimate of drug-likeness (QED) is 0.830. The summed E-state index contributed by atoms with van der Waals surface area (Å²) in [5, 5.41) is 0. The zero-order chi connectivity index (χ0) is 11.5. The molecule has 0 saturated carbocycles. The van der Waals surface area contributed by atoms with Gasteiger partial charge in [0, 0.05) is 24.9 Å². The third-order valence-electron chi connectivity index (χ3n) is 2.59. The molecule has 2 rings (SSSR count). The van der Waals surface area contributed by atoms with E-state index in [9.17, 15) is 4.39 Å². The summed E-state index contributed by atoms with van der Waals surface area (Å²) >= 11 is 0. The van der Waals surface area contributed by atoms with Crippen LogP contribution >= 0.6 is 0 Å². The normalized spacial score (nSPS) is 12.7. The van der Waals surface area contributed by atoms with Crippen molar-refractivity contribution in [3.63, 3.8) is 0 Å². The van der Waals surface area contributed by atoms with Crippen molar-refractivity contribution < 1.29 is 4.39 Å². The number of nitrogens with one attached hydrogen (secondary N) is 1. The summed E-state index contributed by atoms with van der Waals surface area (Å²) in [5.74, 6) is 0.598. The molecule has 3 N–H and O–H groups in total. The SMILES string of the molecule is Cc1ccc(C(N)Cc2ncc[nH]2)cc1F. The molecule has 1 heterocycles. The molecule has 0 saturated heterocycles. The second-order valence-electron chi connectivity index (χ2n) is 3.86. The maximum atomic E-state index is 13.3. The number of hydrogen-bond acceptors (Lipinski definition) is 2. The molecule has 16 heavy (non-hydrogen) atoms. The largest absolute Gasteiger partial charge is 0.349 e. The van der Waals surface area contributed by atoms with Gasteiger partial charge < -0.3 is 10.7 Å². The van der Waals surface area contributed by atoms with Crippen LogP contribution in [0.4, 0.5) is 4.39 Å². The lowest BCUT2D eigenvalue weighted by atomic mass is 10.0. The molecule has 4 heteroatoms. The van der Waals surface area contributed by atoms with Crippen molar-refractivity contribution in [2.24, 2.45) is 5.73 Å². The van der Waals surface area contributed by atoms with Crippen molar-refractivity contribution in [3.8, 4) is 0 Å². The number of H-pyrrole nitrogens is 1. The van der Waals surface area contributed by atoms with E-state index >= 15 is 0 Å². The van der Waals surface area contributed by atoms with Crippen LogP contribution in [-0.4, -0.2) is 9.97 Å². The van der Waals surface area contributed by atoms with E-state index < -0.39 is 0 Å². The zero-order valence-electron chi connectivity index (χ0n) is 9.07. The van der Waals surface area contributed by atoms with Crippen molar-refractivity contribution in [1.82, 2.24) is 9.97 Å². The zero-order valence-corrected chi connectivity index (χ0v) is 9.07. The van der Waals surface area contributed by atoms with Crippen LogP contribution in [0.15, 0.2) is 30.6 Å². The Bertz CT molecular complexity index is 465. The second kappa shape index (κ2) is 4.45. The lowest BCUT2D eigenvalue weighted by Crippen LogP contribution is -2.14. The third kappa shape index (κ3) is 2.28. The number of nitrogens with zero attached hydrogens (tertiary/aromatic N) is 1. The van der Waals surface area contributed by atoms with Gasteiger partial charge in [-0.2, -0.15) is 0 Å². The van der Waals surface area contributed by atoms with Gasteiger partial charge in [0.15, 0.2) is 0 Å². The maximum Gasteiger partial charge on any atom is 0.126 e. The third-order valence-corrected chi connectivity index (χ3v) is 2.59. The van der Waals surface area contributed by atoms with E-state index in [1.165, 1.54) is 6.07 Å². The van der Waals surface area contributed by atoms with Crippen molar-refractivity contribution in [2.45, 2.75) is 19.4 Å². The van der Waals surface area contributed by atoms with Gasteiger partial charge >= 0.3 is 0 Å². The minimum absolute atomic E-state index is 0.215. The molecule has 0 aliphatic carbocycles. The molecule has 1 atom stereocenters. The first-order valence-corrected chi connectivity index (χ1v) is 5.16. The van der Waals surface area contributed by atoms with Gasteiger partial charge in [0.05, 0.1) is 0 Å². The Morgan fingerprint density at radius 2 is 2.31 bits per heavy atom. The number of hydrogen-bond donors (Lipinski definition) is 2. The number of benzene rings is 1. The fourth-order valence-electron chi connectivity index (χ4n) is 1.58. The van der Waals surface area contributed by atoms with Gasteiger partial charge in [0.2, 0.25) is 0 Å². The Kier molecular flexibility index (Phi) is 3.01. The highest BCUT2D eigenvalue weighted by molar-refractivity contribution is 5.26. The molecule has 0 bridgehead atoms. The van der Waals surface area contributed by atoms with Gasteiger partial charge in [0.1, 0.15) is 11.6 Å². The number of aryl methyl sites for hydroxylation is 1. The summed E-state index contributed by atoms with van der Waals surface area (Å²) in [6, 6.07) is 4.85. The summed E-state index contributed by atoms with van der Waals surface area (Å²) < 4.78 is 13.3. The molecule has 0 aliphatic heterocycles. The predicted octanol–water partition coefficient (Wildman–Crippen LogP) is 2.10. The van der Waals surface area contributed by atoms with Crippen LogP contribution < -0.4 is 5.73 Å². The molecular weight excluding hydrogens is 205 g/mol. The highest BCUT2D eigenvalue weighted by Crippen LogP contribution is 2.17. The first-order chi connectivity index (χ1) is 7.66. The summed E-state index contributed by atoms with van der Waals surface area (Å²) in [5.41, 5.74) is 7.40. The molecule has 0 spiro atoms. The molecule has 3 nitrogen and oxygen atoms in total. The van der Waals surface area contributed by atoms with Gasteiger partial charge in [-0.05, 0) is 24.1 Å². The van der Waals surface area contributed by atoms with Crippen molar-refractivity contribution >= 4 is 0 Å². The minimum Gasteiger partial charge on any atom is -0.349 e.